The van der Waals surface area contributed by atoms with Crippen molar-refractivity contribution in [1.29, 1.82) is 0 Å². The summed E-state index contributed by atoms with van der Waals surface area (Å²) in [6, 6.07) is -1.22. The maximum atomic E-state index is 11.6. The highest BCUT2D eigenvalue weighted by atomic mass is 16.4. The van der Waals surface area contributed by atoms with Crippen molar-refractivity contribution in [1.82, 2.24) is 10.6 Å². The molecule has 2 amide bonds. The average Bonchev–Trinajstić information content (AvgIpc) is 2.11. The number of rotatable bonds is 6. The molecule has 0 aliphatic rings. The first kappa shape index (κ1) is 15.7. The fourth-order valence-corrected chi connectivity index (χ4v) is 1.69. The minimum absolute atomic E-state index is 0.0385. The summed E-state index contributed by atoms with van der Waals surface area (Å²) < 4.78 is 0. The molecule has 2 atom stereocenters. The Bertz CT molecular complexity index is 264. The van der Waals surface area contributed by atoms with E-state index in [0.29, 0.717) is 5.92 Å². The quantitative estimate of drug-likeness (QED) is 0.667. The van der Waals surface area contributed by atoms with Gasteiger partial charge >= 0.3 is 12.0 Å². The summed E-state index contributed by atoms with van der Waals surface area (Å²) >= 11 is 0. The lowest BCUT2D eigenvalue weighted by Gasteiger charge is -2.21. The Morgan fingerprint density at radius 3 is 1.94 bits per heavy atom. The summed E-state index contributed by atoms with van der Waals surface area (Å²) in [6.07, 6.45) is 0.868. The van der Waals surface area contributed by atoms with Gasteiger partial charge in [0.25, 0.3) is 0 Å². The summed E-state index contributed by atoms with van der Waals surface area (Å²) in [7, 11) is 0. The van der Waals surface area contributed by atoms with Crippen molar-refractivity contribution in [3.05, 3.63) is 0 Å². The van der Waals surface area contributed by atoms with Crippen molar-refractivity contribution in [2.75, 3.05) is 0 Å². The summed E-state index contributed by atoms with van der Waals surface area (Å²) in [5.41, 5.74) is 0. The summed E-state index contributed by atoms with van der Waals surface area (Å²) in [6.45, 7) is 9.58. The molecule has 0 aliphatic carbocycles. The highest BCUT2D eigenvalue weighted by molar-refractivity contribution is 5.82. The molecule has 0 saturated heterocycles. The number of carbonyl (C=O) groups is 2. The van der Waals surface area contributed by atoms with Crippen LogP contribution in [0.3, 0.4) is 0 Å². The second-order valence-corrected chi connectivity index (χ2v) is 5.21. The zero-order valence-corrected chi connectivity index (χ0v) is 11.3. The van der Waals surface area contributed by atoms with Gasteiger partial charge in [-0.3, -0.25) is 0 Å². The van der Waals surface area contributed by atoms with Crippen LogP contribution in [0, 0.1) is 11.8 Å². The molecule has 0 saturated carbocycles. The zero-order valence-electron chi connectivity index (χ0n) is 11.3. The van der Waals surface area contributed by atoms with Gasteiger partial charge in [-0.05, 0) is 25.2 Å². The fourth-order valence-electron chi connectivity index (χ4n) is 1.69. The van der Waals surface area contributed by atoms with E-state index in [1.54, 1.807) is 13.8 Å². The Hall–Kier alpha value is -1.26. The highest BCUT2D eigenvalue weighted by Gasteiger charge is 2.23. The van der Waals surface area contributed by atoms with Gasteiger partial charge in [0, 0.05) is 6.04 Å². The maximum absolute atomic E-state index is 11.6. The van der Waals surface area contributed by atoms with Crippen LogP contribution in [0.15, 0.2) is 0 Å². The monoisotopic (exact) mass is 244 g/mol. The lowest BCUT2D eigenvalue weighted by Crippen LogP contribution is -2.50. The largest absolute Gasteiger partial charge is 0.480 e. The van der Waals surface area contributed by atoms with E-state index in [1.807, 2.05) is 6.92 Å². The van der Waals surface area contributed by atoms with Crippen LogP contribution in [0.2, 0.25) is 0 Å². The predicted molar refractivity (Wildman–Crippen MR) is 66.8 cm³/mol. The minimum atomic E-state index is -1.01. The molecular formula is C12H24N2O3. The van der Waals surface area contributed by atoms with Gasteiger partial charge in [-0.1, -0.05) is 27.7 Å². The molecule has 0 aromatic heterocycles. The molecule has 5 nitrogen and oxygen atoms in total. The van der Waals surface area contributed by atoms with Crippen LogP contribution >= 0.6 is 0 Å². The number of carboxylic acids is 1. The number of urea groups is 1. The third-order valence-corrected chi connectivity index (χ3v) is 2.42. The third kappa shape index (κ3) is 6.81. The minimum Gasteiger partial charge on any atom is -0.480 e. The number of hydrogen-bond acceptors (Lipinski definition) is 2. The first-order valence-electron chi connectivity index (χ1n) is 6.03. The van der Waals surface area contributed by atoms with Gasteiger partial charge in [-0.25, -0.2) is 9.59 Å². The molecular weight excluding hydrogens is 220 g/mol. The van der Waals surface area contributed by atoms with Crippen LogP contribution in [-0.2, 0) is 4.79 Å². The molecule has 0 aromatic rings. The topological polar surface area (TPSA) is 78.4 Å². The van der Waals surface area contributed by atoms with Crippen LogP contribution in [0.4, 0.5) is 4.79 Å². The van der Waals surface area contributed by atoms with Crippen LogP contribution in [0.25, 0.3) is 0 Å². The summed E-state index contributed by atoms with van der Waals surface area (Å²) in [4.78, 5) is 22.5. The maximum Gasteiger partial charge on any atom is 0.326 e. The van der Waals surface area contributed by atoms with Crippen LogP contribution < -0.4 is 10.6 Å². The van der Waals surface area contributed by atoms with E-state index in [0.717, 1.165) is 6.42 Å². The van der Waals surface area contributed by atoms with Gasteiger partial charge in [0.2, 0.25) is 0 Å². The average molecular weight is 244 g/mol. The molecule has 5 heteroatoms. The summed E-state index contributed by atoms with van der Waals surface area (Å²) in [5, 5.41) is 14.1. The standard InChI is InChI=1S/C12H24N2O3/c1-7(2)6-9(5)13-12(17)14-10(8(3)4)11(15)16/h7-10H,6H2,1-5H3,(H,15,16)(H2,13,14,17)/t9?,10-/m1/s1. The van der Waals surface area contributed by atoms with Gasteiger partial charge in [-0.15, -0.1) is 0 Å². The molecule has 0 bridgehead atoms. The molecule has 0 rings (SSSR count). The molecule has 100 valence electrons. The normalized spacial score (nSPS) is 14.5. The second kappa shape index (κ2) is 7.14. The van der Waals surface area contributed by atoms with Crippen LogP contribution in [0.1, 0.15) is 41.0 Å². The van der Waals surface area contributed by atoms with Crippen molar-refractivity contribution in [2.45, 2.75) is 53.1 Å². The van der Waals surface area contributed by atoms with Gasteiger partial charge in [0.15, 0.2) is 0 Å². The second-order valence-electron chi connectivity index (χ2n) is 5.21. The molecule has 1 unspecified atom stereocenters. The van der Waals surface area contributed by atoms with E-state index in [9.17, 15) is 9.59 Å². The number of carbonyl (C=O) groups excluding carboxylic acids is 1. The molecule has 0 spiro atoms. The number of amides is 2. The molecule has 3 N–H and O–H groups in total. The predicted octanol–water partition coefficient (Wildman–Crippen LogP) is 1.83. The molecule has 0 radical (unpaired) electrons. The first-order chi connectivity index (χ1) is 7.73. The zero-order chi connectivity index (χ0) is 13.6. The Morgan fingerprint density at radius 2 is 1.59 bits per heavy atom. The molecule has 0 heterocycles. The number of hydrogen-bond donors (Lipinski definition) is 3. The van der Waals surface area contributed by atoms with E-state index >= 15 is 0 Å². The van der Waals surface area contributed by atoms with Gasteiger partial charge in [-0.2, -0.15) is 0 Å². The van der Waals surface area contributed by atoms with E-state index in [4.69, 9.17) is 5.11 Å². The van der Waals surface area contributed by atoms with Crippen molar-refractivity contribution in [3.8, 4) is 0 Å². The van der Waals surface area contributed by atoms with E-state index in [2.05, 4.69) is 24.5 Å². The smallest absolute Gasteiger partial charge is 0.326 e. The Labute approximate surface area is 103 Å². The van der Waals surface area contributed by atoms with Crippen molar-refractivity contribution < 1.29 is 14.7 Å². The third-order valence-electron chi connectivity index (χ3n) is 2.42. The van der Waals surface area contributed by atoms with E-state index in [1.165, 1.54) is 0 Å². The molecule has 0 fully saturated rings. The molecule has 17 heavy (non-hydrogen) atoms. The van der Waals surface area contributed by atoms with E-state index < -0.39 is 18.0 Å². The van der Waals surface area contributed by atoms with Crippen molar-refractivity contribution in [2.24, 2.45) is 11.8 Å². The highest BCUT2D eigenvalue weighted by Crippen LogP contribution is 2.04. The molecule has 0 aliphatic heterocycles. The lowest BCUT2D eigenvalue weighted by molar-refractivity contribution is -0.140. The van der Waals surface area contributed by atoms with Crippen LogP contribution in [-0.4, -0.2) is 29.2 Å². The lowest BCUT2D eigenvalue weighted by atomic mass is 10.0. The fraction of sp³-hybridized carbons (Fsp3) is 0.833. The first-order valence-corrected chi connectivity index (χ1v) is 6.03. The molecule has 0 aromatic carbocycles. The van der Waals surface area contributed by atoms with Crippen molar-refractivity contribution in [3.63, 3.8) is 0 Å². The summed E-state index contributed by atoms with van der Waals surface area (Å²) in [5.74, 6) is -0.656. The Balaban J connectivity index is 4.19. The van der Waals surface area contributed by atoms with Gasteiger partial charge < -0.3 is 15.7 Å². The van der Waals surface area contributed by atoms with Crippen molar-refractivity contribution >= 4 is 12.0 Å². The Morgan fingerprint density at radius 1 is 1.06 bits per heavy atom. The van der Waals surface area contributed by atoms with E-state index in [-0.39, 0.29) is 12.0 Å². The SMILES string of the molecule is CC(C)CC(C)NC(=O)N[C@@H](C(=O)O)C(C)C. The number of aliphatic carboxylic acids is 1. The van der Waals surface area contributed by atoms with Crippen LogP contribution in [0.5, 0.6) is 0 Å². The van der Waals surface area contributed by atoms with Gasteiger partial charge in [0.05, 0.1) is 0 Å². The van der Waals surface area contributed by atoms with Gasteiger partial charge in [0.1, 0.15) is 6.04 Å². The number of nitrogens with one attached hydrogen (secondary N) is 2. The number of carboxylic acid groups (broad SMARTS) is 1. The Kier molecular flexibility index (Phi) is 6.61.